The predicted molar refractivity (Wildman–Crippen MR) is 104 cm³/mol. The fourth-order valence-corrected chi connectivity index (χ4v) is 2.57. The van der Waals surface area contributed by atoms with Gasteiger partial charge in [-0.05, 0) is 37.3 Å². The molecule has 1 amide bonds. The summed E-state index contributed by atoms with van der Waals surface area (Å²) >= 11 is 0. The monoisotopic (exact) mass is 390 g/mol. The average Bonchev–Trinajstić information content (AvgIpc) is 3.42. The topological polar surface area (TPSA) is 124 Å². The van der Waals surface area contributed by atoms with Crippen LogP contribution in [0.1, 0.15) is 16.2 Å². The molecule has 146 valence electrons. The molecule has 29 heavy (non-hydrogen) atoms. The molecule has 0 atom stereocenters. The van der Waals surface area contributed by atoms with Crippen LogP contribution in [0, 0.1) is 6.92 Å². The molecule has 2 N–H and O–H groups in total. The zero-order chi connectivity index (χ0) is 20.1. The van der Waals surface area contributed by atoms with Crippen molar-refractivity contribution in [1.82, 2.24) is 35.4 Å². The molecule has 0 aliphatic carbocycles. The second kappa shape index (κ2) is 8.30. The molecule has 0 saturated carbocycles. The Morgan fingerprint density at radius 1 is 1.17 bits per heavy atom. The molecule has 10 nitrogen and oxygen atoms in total. The van der Waals surface area contributed by atoms with Crippen LogP contribution >= 0.6 is 0 Å². The molecule has 0 spiro atoms. The Kier molecular flexibility index (Phi) is 5.23. The van der Waals surface area contributed by atoms with Crippen LogP contribution in [0.3, 0.4) is 0 Å². The van der Waals surface area contributed by atoms with Crippen molar-refractivity contribution in [2.45, 2.75) is 6.92 Å². The minimum absolute atomic E-state index is 0.211. The number of aryl methyl sites for hydroxylation is 1. The first kappa shape index (κ1) is 18.3. The average molecular weight is 390 g/mol. The number of carbonyl (C=O) groups excluding carboxylic acids is 1. The van der Waals surface area contributed by atoms with Crippen LogP contribution in [0.2, 0.25) is 0 Å². The highest BCUT2D eigenvalue weighted by Crippen LogP contribution is 2.18. The van der Waals surface area contributed by atoms with E-state index < -0.39 is 0 Å². The number of carbonyl (C=O) groups is 1. The van der Waals surface area contributed by atoms with Crippen LogP contribution in [0.15, 0.2) is 59.5 Å². The third kappa shape index (κ3) is 4.43. The number of anilines is 1. The molecule has 10 heteroatoms. The lowest BCUT2D eigenvalue weighted by atomic mass is 10.2. The van der Waals surface area contributed by atoms with E-state index in [1.165, 1.54) is 0 Å². The number of aromatic nitrogens is 6. The maximum absolute atomic E-state index is 12.2. The molecule has 4 rings (SSSR count). The van der Waals surface area contributed by atoms with Crippen molar-refractivity contribution >= 4 is 11.7 Å². The Balaban J connectivity index is 1.25. The number of amides is 1. The smallest absolute Gasteiger partial charge is 0.273 e. The van der Waals surface area contributed by atoms with Gasteiger partial charge in [0, 0.05) is 43.3 Å². The Morgan fingerprint density at radius 2 is 2.10 bits per heavy atom. The van der Waals surface area contributed by atoms with Gasteiger partial charge in [-0.15, -0.1) is 10.2 Å². The molecule has 0 aliphatic heterocycles. The third-order valence-electron chi connectivity index (χ3n) is 4.01. The number of rotatable bonds is 7. The molecule has 0 aromatic carbocycles. The highest BCUT2D eigenvalue weighted by Gasteiger charge is 2.13. The number of pyridine rings is 1. The summed E-state index contributed by atoms with van der Waals surface area (Å²) < 4.78 is 6.86. The molecule has 4 aromatic rings. The van der Waals surface area contributed by atoms with Crippen molar-refractivity contribution in [3.05, 3.63) is 66.4 Å². The summed E-state index contributed by atoms with van der Waals surface area (Å²) in [4.78, 5) is 16.2. The van der Waals surface area contributed by atoms with Gasteiger partial charge in [-0.3, -0.25) is 9.78 Å². The number of hydrogen-bond acceptors (Lipinski definition) is 8. The van der Waals surface area contributed by atoms with Crippen molar-refractivity contribution in [2.24, 2.45) is 0 Å². The van der Waals surface area contributed by atoms with E-state index in [0.29, 0.717) is 30.5 Å². The van der Waals surface area contributed by atoms with Crippen LogP contribution in [-0.2, 0) is 0 Å². The van der Waals surface area contributed by atoms with Gasteiger partial charge >= 0.3 is 0 Å². The zero-order valence-electron chi connectivity index (χ0n) is 15.6. The van der Waals surface area contributed by atoms with Gasteiger partial charge in [-0.1, -0.05) is 5.16 Å². The molecule has 0 aliphatic rings. The van der Waals surface area contributed by atoms with Gasteiger partial charge in [-0.2, -0.15) is 5.10 Å². The van der Waals surface area contributed by atoms with Gasteiger partial charge in [0.15, 0.2) is 17.3 Å². The molecule has 0 fully saturated rings. The van der Waals surface area contributed by atoms with Crippen molar-refractivity contribution in [3.8, 4) is 17.1 Å². The van der Waals surface area contributed by atoms with E-state index in [0.717, 1.165) is 11.3 Å². The molecule has 4 aromatic heterocycles. The first-order valence-corrected chi connectivity index (χ1v) is 8.94. The highest BCUT2D eigenvalue weighted by atomic mass is 16.5. The lowest BCUT2D eigenvalue weighted by molar-refractivity contribution is 0.0946. The van der Waals surface area contributed by atoms with Crippen molar-refractivity contribution < 1.29 is 9.32 Å². The van der Waals surface area contributed by atoms with Crippen LogP contribution < -0.4 is 10.6 Å². The van der Waals surface area contributed by atoms with E-state index in [-0.39, 0.29) is 11.6 Å². The molecular weight excluding hydrogens is 372 g/mol. The predicted octanol–water partition coefficient (Wildman–Crippen LogP) is 1.86. The minimum Gasteiger partial charge on any atom is -0.367 e. The number of nitrogens with one attached hydrogen (secondary N) is 2. The van der Waals surface area contributed by atoms with E-state index in [2.05, 4.69) is 36.1 Å². The number of hydrogen-bond donors (Lipinski definition) is 2. The molecule has 4 heterocycles. The van der Waals surface area contributed by atoms with Gasteiger partial charge in [0.1, 0.15) is 5.82 Å². The normalized spacial score (nSPS) is 10.7. The Morgan fingerprint density at radius 3 is 2.83 bits per heavy atom. The van der Waals surface area contributed by atoms with Crippen molar-refractivity contribution in [2.75, 3.05) is 18.4 Å². The lowest BCUT2D eigenvalue weighted by Gasteiger charge is -2.06. The van der Waals surface area contributed by atoms with E-state index >= 15 is 0 Å². The largest absolute Gasteiger partial charge is 0.367 e. The van der Waals surface area contributed by atoms with E-state index in [4.69, 9.17) is 4.52 Å². The maximum atomic E-state index is 12.2. The summed E-state index contributed by atoms with van der Waals surface area (Å²) in [6.45, 7) is 2.77. The van der Waals surface area contributed by atoms with E-state index in [9.17, 15) is 4.79 Å². The Hall–Kier alpha value is -4.08. The second-order valence-corrected chi connectivity index (χ2v) is 6.18. The van der Waals surface area contributed by atoms with Crippen molar-refractivity contribution in [3.63, 3.8) is 0 Å². The van der Waals surface area contributed by atoms with Gasteiger partial charge in [0.05, 0.1) is 5.69 Å². The maximum Gasteiger partial charge on any atom is 0.273 e. The summed E-state index contributed by atoms with van der Waals surface area (Å²) in [5, 5.41) is 22.2. The molecule has 0 unspecified atom stereocenters. The molecule has 0 bridgehead atoms. The SMILES string of the molecule is Cc1ccn(-c2ccc(NCCNC(=O)c3cc(-c4cccnc4)on3)nn2)n1. The quantitative estimate of drug-likeness (QED) is 0.458. The van der Waals surface area contributed by atoms with Gasteiger partial charge in [-0.25, -0.2) is 4.68 Å². The van der Waals surface area contributed by atoms with Crippen LogP contribution in [0.25, 0.3) is 17.1 Å². The van der Waals surface area contributed by atoms with Crippen LogP contribution in [0.4, 0.5) is 5.82 Å². The minimum atomic E-state index is -0.318. The van der Waals surface area contributed by atoms with Crippen LogP contribution in [0.5, 0.6) is 0 Å². The Labute approximate surface area is 166 Å². The summed E-state index contributed by atoms with van der Waals surface area (Å²) in [7, 11) is 0. The summed E-state index contributed by atoms with van der Waals surface area (Å²) in [5.41, 5.74) is 1.87. The first-order chi connectivity index (χ1) is 14.2. The highest BCUT2D eigenvalue weighted by molar-refractivity contribution is 5.93. The summed E-state index contributed by atoms with van der Waals surface area (Å²) in [5.74, 6) is 1.41. The fourth-order valence-electron chi connectivity index (χ4n) is 2.57. The standard InChI is InChI=1S/C19H18N8O2/c1-13-6-10-27(25-13)18-5-4-17(23-24-18)21-8-9-22-19(28)15-11-16(29-26-15)14-3-2-7-20-12-14/h2-7,10-12H,8-9H2,1H3,(H,21,23)(H,22,28). The lowest BCUT2D eigenvalue weighted by Crippen LogP contribution is -2.29. The van der Waals surface area contributed by atoms with Gasteiger partial charge in [0.25, 0.3) is 5.91 Å². The molecular formula is C19H18N8O2. The molecule has 0 saturated heterocycles. The van der Waals surface area contributed by atoms with Crippen LogP contribution in [-0.4, -0.2) is 49.1 Å². The van der Waals surface area contributed by atoms with Gasteiger partial charge < -0.3 is 15.2 Å². The van der Waals surface area contributed by atoms with Gasteiger partial charge in [0.2, 0.25) is 0 Å². The Bertz CT molecular complexity index is 1090. The zero-order valence-corrected chi connectivity index (χ0v) is 15.6. The number of nitrogens with zero attached hydrogens (tertiary/aromatic N) is 6. The first-order valence-electron chi connectivity index (χ1n) is 8.94. The van der Waals surface area contributed by atoms with E-state index in [1.807, 2.05) is 31.3 Å². The third-order valence-corrected chi connectivity index (χ3v) is 4.01. The second-order valence-electron chi connectivity index (χ2n) is 6.18. The van der Waals surface area contributed by atoms with E-state index in [1.54, 1.807) is 35.3 Å². The molecule has 0 radical (unpaired) electrons. The van der Waals surface area contributed by atoms with Crippen molar-refractivity contribution in [1.29, 1.82) is 0 Å². The fraction of sp³-hybridized carbons (Fsp3) is 0.158. The summed E-state index contributed by atoms with van der Waals surface area (Å²) in [6.07, 6.45) is 5.13. The summed E-state index contributed by atoms with van der Waals surface area (Å²) in [6, 6.07) is 10.7.